The highest BCUT2D eigenvalue weighted by Crippen LogP contribution is 2.32. The summed E-state index contributed by atoms with van der Waals surface area (Å²) in [4.78, 5) is 16.5. The zero-order valence-corrected chi connectivity index (χ0v) is 14.5. The van der Waals surface area contributed by atoms with Crippen LogP contribution < -0.4 is 4.90 Å². The van der Waals surface area contributed by atoms with Crippen molar-refractivity contribution in [3.63, 3.8) is 0 Å². The fourth-order valence-corrected chi connectivity index (χ4v) is 3.38. The molecule has 1 aliphatic rings. The summed E-state index contributed by atoms with van der Waals surface area (Å²) in [6.45, 7) is 4.77. The first kappa shape index (κ1) is 17.3. The van der Waals surface area contributed by atoms with E-state index in [1.54, 1.807) is 11.0 Å². The highest BCUT2D eigenvalue weighted by Gasteiger charge is 2.30. The van der Waals surface area contributed by atoms with E-state index in [9.17, 15) is 4.79 Å². The number of hydrogen-bond donors (Lipinski definition) is 0. The van der Waals surface area contributed by atoms with Crippen molar-refractivity contribution in [3.05, 3.63) is 47.4 Å². The Morgan fingerprint density at radius 2 is 2.13 bits per heavy atom. The lowest BCUT2D eigenvalue weighted by Gasteiger charge is -2.17. The molecule has 0 unspecified atom stereocenters. The molecule has 1 heterocycles. The fraction of sp³-hybridized carbons (Fsp3) is 0.235. The molecule has 118 valence electrons. The first-order chi connectivity index (χ1) is 11.1. The third kappa shape index (κ3) is 4.21. The molecular formula is C17H17N3OS2. The molecule has 0 atom stereocenters. The molecule has 0 aliphatic carbocycles. The van der Waals surface area contributed by atoms with Crippen molar-refractivity contribution in [1.82, 2.24) is 4.90 Å². The van der Waals surface area contributed by atoms with Crippen LogP contribution in [-0.4, -0.2) is 35.3 Å². The molecule has 0 radical (unpaired) electrons. The Hall–Kier alpha value is -2.10. The van der Waals surface area contributed by atoms with E-state index in [1.807, 2.05) is 42.3 Å². The van der Waals surface area contributed by atoms with E-state index in [2.05, 4.69) is 12.6 Å². The van der Waals surface area contributed by atoms with Crippen molar-refractivity contribution in [2.75, 3.05) is 25.0 Å². The molecule has 0 aromatic heterocycles. The monoisotopic (exact) mass is 343 g/mol. The van der Waals surface area contributed by atoms with Crippen LogP contribution in [0.4, 0.5) is 5.69 Å². The Morgan fingerprint density at radius 1 is 1.43 bits per heavy atom. The van der Waals surface area contributed by atoms with Gasteiger partial charge in [-0.1, -0.05) is 42.2 Å². The van der Waals surface area contributed by atoms with Gasteiger partial charge in [0.2, 0.25) is 0 Å². The Kier molecular flexibility index (Phi) is 5.97. The van der Waals surface area contributed by atoms with Crippen LogP contribution in [0.25, 0.3) is 6.08 Å². The topological polar surface area (TPSA) is 47.3 Å². The van der Waals surface area contributed by atoms with Gasteiger partial charge in [-0.2, -0.15) is 5.26 Å². The zero-order valence-electron chi connectivity index (χ0n) is 12.9. The number of thiocarbonyl (C=S) groups is 1. The lowest BCUT2D eigenvalue weighted by atomic mass is 10.1. The summed E-state index contributed by atoms with van der Waals surface area (Å²) in [5.74, 6) is -0.0740. The minimum atomic E-state index is -0.0740. The number of amides is 1. The number of thioether (sulfide) groups is 1. The highest BCUT2D eigenvalue weighted by molar-refractivity contribution is 8.26. The molecule has 1 aliphatic heterocycles. The van der Waals surface area contributed by atoms with E-state index in [1.165, 1.54) is 11.8 Å². The molecule has 1 fully saturated rings. The Morgan fingerprint density at radius 3 is 2.74 bits per heavy atom. The maximum atomic E-state index is 12.3. The van der Waals surface area contributed by atoms with Crippen molar-refractivity contribution in [2.24, 2.45) is 0 Å². The normalized spacial score (nSPS) is 15.8. The van der Waals surface area contributed by atoms with Crippen LogP contribution in [0.1, 0.15) is 12.0 Å². The second-order valence-corrected chi connectivity index (χ2v) is 6.68. The van der Waals surface area contributed by atoms with E-state index in [4.69, 9.17) is 17.5 Å². The zero-order chi connectivity index (χ0) is 16.8. The maximum absolute atomic E-state index is 12.3. The van der Waals surface area contributed by atoms with Crippen LogP contribution in [0.15, 0.2) is 41.8 Å². The van der Waals surface area contributed by atoms with Crippen LogP contribution in [0.2, 0.25) is 0 Å². The quantitative estimate of drug-likeness (QED) is 0.450. The van der Waals surface area contributed by atoms with Crippen molar-refractivity contribution in [2.45, 2.75) is 6.42 Å². The van der Waals surface area contributed by atoms with Gasteiger partial charge in [0, 0.05) is 25.8 Å². The number of anilines is 1. The predicted molar refractivity (Wildman–Crippen MR) is 100 cm³/mol. The number of hydrogen-bond acceptors (Lipinski definition) is 5. The van der Waals surface area contributed by atoms with Gasteiger partial charge in [-0.15, -0.1) is 6.58 Å². The first-order valence-corrected chi connectivity index (χ1v) is 8.33. The number of nitriles is 1. The summed E-state index contributed by atoms with van der Waals surface area (Å²) < 4.78 is 0.564. The third-order valence-electron chi connectivity index (χ3n) is 3.38. The third-order valence-corrected chi connectivity index (χ3v) is 4.75. The highest BCUT2D eigenvalue weighted by atomic mass is 32.2. The van der Waals surface area contributed by atoms with Gasteiger partial charge < -0.3 is 4.90 Å². The van der Waals surface area contributed by atoms with Gasteiger partial charge in [0.05, 0.1) is 17.4 Å². The smallest absolute Gasteiger partial charge is 0.266 e. The van der Waals surface area contributed by atoms with Crippen LogP contribution >= 0.6 is 24.0 Å². The van der Waals surface area contributed by atoms with Gasteiger partial charge in [-0.25, -0.2) is 0 Å². The van der Waals surface area contributed by atoms with Crippen LogP contribution in [0.5, 0.6) is 0 Å². The molecule has 23 heavy (non-hydrogen) atoms. The lowest BCUT2D eigenvalue weighted by molar-refractivity contribution is -0.121. The van der Waals surface area contributed by atoms with Crippen molar-refractivity contribution in [3.8, 4) is 6.07 Å². The van der Waals surface area contributed by atoms with Crippen LogP contribution in [-0.2, 0) is 4.79 Å². The van der Waals surface area contributed by atoms with E-state index in [0.29, 0.717) is 28.7 Å². The molecule has 6 heteroatoms. The van der Waals surface area contributed by atoms with E-state index in [-0.39, 0.29) is 5.91 Å². The van der Waals surface area contributed by atoms with Crippen molar-refractivity contribution >= 4 is 46.0 Å². The number of carbonyl (C=O) groups is 1. The van der Waals surface area contributed by atoms with E-state index in [0.717, 1.165) is 11.3 Å². The molecule has 4 nitrogen and oxygen atoms in total. The predicted octanol–water partition coefficient (Wildman–Crippen LogP) is 3.42. The largest absolute Gasteiger partial charge is 0.374 e. The average Bonchev–Trinajstić information content (AvgIpc) is 2.81. The molecule has 0 bridgehead atoms. The van der Waals surface area contributed by atoms with Crippen molar-refractivity contribution in [1.29, 1.82) is 5.26 Å². The van der Waals surface area contributed by atoms with Gasteiger partial charge in [-0.05, 0) is 23.8 Å². The summed E-state index contributed by atoms with van der Waals surface area (Å²) in [6.07, 6.45) is 4.01. The van der Waals surface area contributed by atoms with E-state index >= 15 is 0 Å². The standard InChI is InChI=1S/C17H17N3OS2/c1-3-10-20-16(21)15(23-17(20)22)12-13-5-7-14(8-6-13)19(2)11-4-9-18/h3,5-8,12H,1,4,10-11H2,2H3/b15-12+. The Bertz CT molecular complexity index is 689. The van der Waals surface area contributed by atoms with Gasteiger partial charge >= 0.3 is 0 Å². The minimum absolute atomic E-state index is 0.0740. The summed E-state index contributed by atoms with van der Waals surface area (Å²) in [5.41, 5.74) is 1.98. The summed E-state index contributed by atoms with van der Waals surface area (Å²) in [5, 5.41) is 8.63. The second-order valence-electron chi connectivity index (χ2n) is 5.00. The van der Waals surface area contributed by atoms with Gasteiger partial charge in [0.15, 0.2) is 0 Å². The molecule has 1 amide bonds. The molecule has 0 spiro atoms. The number of nitrogens with zero attached hydrogens (tertiary/aromatic N) is 3. The van der Waals surface area contributed by atoms with Gasteiger partial charge in [-0.3, -0.25) is 9.69 Å². The summed E-state index contributed by atoms with van der Waals surface area (Å²) >= 11 is 6.53. The number of carbonyl (C=O) groups excluding carboxylic acids is 1. The van der Waals surface area contributed by atoms with Crippen LogP contribution in [0, 0.1) is 11.3 Å². The summed E-state index contributed by atoms with van der Waals surface area (Å²) in [7, 11) is 1.95. The SMILES string of the molecule is C=CCN1C(=O)/C(=C\c2ccc(N(C)CCC#N)cc2)SC1=S. The lowest BCUT2D eigenvalue weighted by Crippen LogP contribution is -2.27. The van der Waals surface area contributed by atoms with Gasteiger partial charge in [0.25, 0.3) is 5.91 Å². The number of rotatable bonds is 6. The minimum Gasteiger partial charge on any atom is -0.374 e. The molecule has 1 aromatic carbocycles. The number of benzene rings is 1. The molecule has 1 saturated heterocycles. The summed E-state index contributed by atoms with van der Waals surface area (Å²) in [6, 6.07) is 10.0. The molecule has 1 aromatic rings. The Balaban J connectivity index is 2.12. The maximum Gasteiger partial charge on any atom is 0.266 e. The molecule has 0 N–H and O–H groups in total. The molecule has 0 saturated carbocycles. The van der Waals surface area contributed by atoms with Crippen molar-refractivity contribution < 1.29 is 4.79 Å². The first-order valence-electron chi connectivity index (χ1n) is 7.11. The average molecular weight is 343 g/mol. The fourth-order valence-electron chi connectivity index (χ4n) is 2.11. The van der Waals surface area contributed by atoms with Gasteiger partial charge in [0.1, 0.15) is 4.32 Å². The second kappa shape index (κ2) is 7.95. The molecular weight excluding hydrogens is 326 g/mol. The van der Waals surface area contributed by atoms with E-state index < -0.39 is 0 Å². The van der Waals surface area contributed by atoms with Crippen LogP contribution in [0.3, 0.4) is 0 Å². The molecule has 2 rings (SSSR count). The Labute approximate surface area is 146 Å².